The third-order valence-corrected chi connectivity index (χ3v) is 2.75. The van der Waals surface area contributed by atoms with Gasteiger partial charge in [0.15, 0.2) is 0 Å². The molecule has 0 saturated carbocycles. The lowest BCUT2D eigenvalue weighted by Gasteiger charge is -2.14. The molecule has 0 saturated heterocycles. The first-order chi connectivity index (χ1) is 9.52. The van der Waals surface area contributed by atoms with E-state index in [4.69, 9.17) is 10.2 Å². The standard InChI is InChI=1S/C14H20N2O4/c1-10(2-7-13(18)19)16-12-5-3-11(4-6-12)14(20)15-8-9-17/h3-6,10,16-17H,2,7-9H2,1H3,(H,15,20)(H,18,19). The Labute approximate surface area is 117 Å². The van der Waals surface area contributed by atoms with E-state index >= 15 is 0 Å². The van der Waals surface area contributed by atoms with Crippen molar-refractivity contribution in [2.45, 2.75) is 25.8 Å². The summed E-state index contributed by atoms with van der Waals surface area (Å²) in [7, 11) is 0. The maximum Gasteiger partial charge on any atom is 0.303 e. The molecule has 0 bridgehead atoms. The molecule has 1 aromatic rings. The summed E-state index contributed by atoms with van der Waals surface area (Å²) in [5, 5.41) is 23.0. The van der Waals surface area contributed by atoms with E-state index in [9.17, 15) is 9.59 Å². The van der Waals surface area contributed by atoms with Crippen molar-refractivity contribution in [3.63, 3.8) is 0 Å². The second-order valence-corrected chi connectivity index (χ2v) is 4.53. The number of carbonyl (C=O) groups excluding carboxylic acids is 1. The number of hydrogen-bond donors (Lipinski definition) is 4. The Balaban J connectivity index is 2.49. The van der Waals surface area contributed by atoms with Gasteiger partial charge in [-0.15, -0.1) is 0 Å². The molecule has 4 N–H and O–H groups in total. The highest BCUT2D eigenvalue weighted by Crippen LogP contribution is 2.12. The average molecular weight is 280 g/mol. The molecule has 1 atom stereocenters. The van der Waals surface area contributed by atoms with E-state index < -0.39 is 5.97 Å². The first kappa shape index (κ1) is 16.0. The van der Waals surface area contributed by atoms with Crippen LogP contribution in [0, 0.1) is 0 Å². The van der Waals surface area contributed by atoms with Crippen LogP contribution in [0.15, 0.2) is 24.3 Å². The molecule has 1 aromatic carbocycles. The average Bonchev–Trinajstić information content (AvgIpc) is 2.43. The highest BCUT2D eigenvalue weighted by Gasteiger charge is 2.07. The fourth-order valence-electron chi connectivity index (χ4n) is 1.69. The van der Waals surface area contributed by atoms with Gasteiger partial charge in [-0.25, -0.2) is 0 Å². The van der Waals surface area contributed by atoms with E-state index in [2.05, 4.69) is 10.6 Å². The van der Waals surface area contributed by atoms with Crippen molar-refractivity contribution in [1.82, 2.24) is 5.32 Å². The molecular weight excluding hydrogens is 260 g/mol. The van der Waals surface area contributed by atoms with Crippen molar-refractivity contribution in [3.05, 3.63) is 29.8 Å². The van der Waals surface area contributed by atoms with Crippen LogP contribution in [0.1, 0.15) is 30.1 Å². The minimum atomic E-state index is -0.811. The van der Waals surface area contributed by atoms with Gasteiger partial charge in [-0.1, -0.05) is 0 Å². The number of carbonyl (C=O) groups is 2. The quantitative estimate of drug-likeness (QED) is 0.571. The van der Waals surface area contributed by atoms with Gasteiger partial charge in [0.25, 0.3) is 5.91 Å². The lowest BCUT2D eigenvalue weighted by molar-refractivity contribution is -0.137. The fourth-order valence-corrected chi connectivity index (χ4v) is 1.69. The molecule has 6 heteroatoms. The Kier molecular flexibility index (Phi) is 6.52. The molecule has 0 radical (unpaired) electrons. The van der Waals surface area contributed by atoms with Crippen molar-refractivity contribution >= 4 is 17.6 Å². The fraction of sp³-hybridized carbons (Fsp3) is 0.429. The normalized spacial score (nSPS) is 11.7. The summed E-state index contributed by atoms with van der Waals surface area (Å²) in [5.41, 5.74) is 1.35. The van der Waals surface area contributed by atoms with Gasteiger partial charge in [0.1, 0.15) is 0 Å². The van der Waals surface area contributed by atoms with Gasteiger partial charge in [-0.05, 0) is 37.6 Å². The molecule has 0 aliphatic heterocycles. The number of carboxylic acids is 1. The highest BCUT2D eigenvalue weighted by atomic mass is 16.4. The SMILES string of the molecule is CC(CCC(=O)O)Nc1ccc(C(=O)NCCO)cc1. The summed E-state index contributed by atoms with van der Waals surface area (Å²) in [6, 6.07) is 6.94. The Morgan fingerprint density at radius 1 is 1.25 bits per heavy atom. The molecule has 0 aliphatic carbocycles. The monoisotopic (exact) mass is 280 g/mol. The van der Waals surface area contributed by atoms with Crippen LogP contribution in [0.3, 0.4) is 0 Å². The van der Waals surface area contributed by atoms with Gasteiger partial charge in [-0.2, -0.15) is 0 Å². The van der Waals surface area contributed by atoms with Crippen LogP contribution in [0.4, 0.5) is 5.69 Å². The molecule has 6 nitrogen and oxygen atoms in total. The molecule has 0 fully saturated rings. The molecule has 1 rings (SSSR count). The van der Waals surface area contributed by atoms with Crippen LogP contribution in [0.25, 0.3) is 0 Å². The first-order valence-corrected chi connectivity index (χ1v) is 6.50. The molecule has 0 aliphatic rings. The molecule has 0 aromatic heterocycles. The number of amides is 1. The highest BCUT2D eigenvalue weighted by molar-refractivity contribution is 5.94. The molecule has 110 valence electrons. The largest absolute Gasteiger partial charge is 0.481 e. The third kappa shape index (κ3) is 5.71. The number of nitrogens with one attached hydrogen (secondary N) is 2. The van der Waals surface area contributed by atoms with Crippen LogP contribution >= 0.6 is 0 Å². The number of aliphatic hydroxyl groups is 1. The van der Waals surface area contributed by atoms with Crippen molar-refractivity contribution in [2.75, 3.05) is 18.5 Å². The number of rotatable bonds is 8. The number of aliphatic hydroxyl groups excluding tert-OH is 1. The second kappa shape index (κ2) is 8.16. The summed E-state index contributed by atoms with van der Waals surface area (Å²) in [5.74, 6) is -1.04. The number of anilines is 1. The van der Waals surface area contributed by atoms with E-state index in [0.29, 0.717) is 12.0 Å². The summed E-state index contributed by atoms with van der Waals surface area (Å²) in [6.45, 7) is 2.04. The van der Waals surface area contributed by atoms with Crippen LogP contribution in [-0.4, -0.2) is 41.3 Å². The molecule has 0 spiro atoms. The van der Waals surface area contributed by atoms with Crippen molar-refractivity contribution in [3.8, 4) is 0 Å². The van der Waals surface area contributed by atoms with Gasteiger partial charge in [0.05, 0.1) is 6.61 Å². The zero-order valence-electron chi connectivity index (χ0n) is 11.4. The van der Waals surface area contributed by atoms with Crippen LogP contribution in [-0.2, 0) is 4.79 Å². The Morgan fingerprint density at radius 2 is 1.90 bits per heavy atom. The Morgan fingerprint density at radius 3 is 2.45 bits per heavy atom. The zero-order chi connectivity index (χ0) is 15.0. The summed E-state index contributed by atoms with van der Waals surface area (Å²) in [4.78, 5) is 22.1. The van der Waals surface area contributed by atoms with Gasteiger partial charge in [0, 0.05) is 30.3 Å². The minimum absolute atomic E-state index is 0.0418. The lowest BCUT2D eigenvalue weighted by atomic mass is 10.1. The maximum absolute atomic E-state index is 11.6. The lowest BCUT2D eigenvalue weighted by Crippen LogP contribution is -2.26. The van der Waals surface area contributed by atoms with Gasteiger partial charge in [0.2, 0.25) is 0 Å². The van der Waals surface area contributed by atoms with Crippen LogP contribution < -0.4 is 10.6 Å². The molecule has 20 heavy (non-hydrogen) atoms. The van der Waals surface area contributed by atoms with E-state index in [1.165, 1.54) is 0 Å². The van der Waals surface area contributed by atoms with E-state index in [1.54, 1.807) is 24.3 Å². The Hall–Kier alpha value is -2.08. The third-order valence-electron chi connectivity index (χ3n) is 2.75. The topological polar surface area (TPSA) is 98.7 Å². The van der Waals surface area contributed by atoms with E-state index in [1.807, 2.05) is 6.92 Å². The molecule has 1 amide bonds. The molecule has 0 heterocycles. The van der Waals surface area contributed by atoms with E-state index in [-0.39, 0.29) is 31.5 Å². The Bertz CT molecular complexity index is 445. The number of benzene rings is 1. The van der Waals surface area contributed by atoms with Crippen LogP contribution in [0.5, 0.6) is 0 Å². The van der Waals surface area contributed by atoms with Gasteiger partial charge >= 0.3 is 5.97 Å². The van der Waals surface area contributed by atoms with Gasteiger partial charge in [-0.3, -0.25) is 9.59 Å². The smallest absolute Gasteiger partial charge is 0.303 e. The minimum Gasteiger partial charge on any atom is -0.481 e. The first-order valence-electron chi connectivity index (χ1n) is 6.50. The summed E-state index contributed by atoms with van der Waals surface area (Å²) in [6.07, 6.45) is 0.657. The molecular formula is C14H20N2O4. The number of carboxylic acid groups (broad SMARTS) is 1. The van der Waals surface area contributed by atoms with Gasteiger partial charge < -0.3 is 20.8 Å². The predicted molar refractivity (Wildman–Crippen MR) is 75.8 cm³/mol. The van der Waals surface area contributed by atoms with Crippen LogP contribution in [0.2, 0.25) is 0 Å². The van der Waals surface area contributed by atoms with E-state index in [0.717, 1.165) is 5.69 Å². The summed E-state index contributed by atoms with van der Waals surface area (Å²) < 4.78 is 0. The van der Waals surface area contributed by atoms with Crippen molar-refractivity contribution in [2.24, 2.45) is 0 Å². The van der Waals surface area contributed by atoms with Crippen molar-refractivity contribution in [1.29, 1.82) is 0 Å². The summed E-state index contributed by atoms with van der Waals surface area (Å²) >= 11 is 0. The number of hydrogen-bond acceptors (Lipinski definition) is 4. The zero-order valence-corrected chi connectivity index (χ0v) is 11.4. The predicted octanol–water partition coefficient (Wildman–Crippen LogP) is 1.07. The van der Waals surface area contributed by atoms with Crippen molar-refractivity contribution < 1.29 is 19.8 Å². The maximum atomic E-state index is 11.6. The number of aliphatic carboxylic acids is 1. The second-order valence-electron chi connectivity index (χ2n) is 4.53. The molecule has 1 unspecified atom stereocenters.